The first-order chi connectivity index (χ1) is 15.0. The van der Waals surface area contributed by atoms with Gasteiger partial charge in [-0.3, -0.25) is 9.59 Å². The second-order valence-corrected chi connectivity index (χ2v) is 8.05. The zero-order valence-electron chi connectivity index (χ0n) is 17.9. The largest absolute Gasteiger partial charge is 0.440 e. The van der Waals surface area contributed by atoms with Gasteiger partial charge in [0.1, 0.15) is 5.76 Å². The van der Waals surface area contributed by atoms with Gasteiger partial charge in [-0.05, 0) is 49.1 Å². The fraction of sp³-hybridized carbons (Fsp3) is 0.320. The van der Waals surface area contributed by atoms with E-state index in [0.29, 0.717) is 23.9 Å². The fourth-order valence-electron chi connectivity index (χ4n) is 3.30. The molecule has 3 aromatic rings. The van der Waals surface area contributed by atoms with Crippen molar-refractivity contribution in [3.63, 3.8) is 0 Å². The molecule has 1 atom stereocenters. The van der Waals surface area contributed by atoms with Crippen molar-refractivity contribution in [2.24, 2.45) is 5.92 Å². The molecule has 1 aromatic heterocycles. The van der Waals surface area contributed by atoms with Crippen molar-refractivity contribution in [2.45, 2.75) is 45.6 Å². The maximum Gasteiger partial charge on any atom is 0.273 e. The first kappa shape index (κ1) is 20.8. The number of oxazole rings is 1. The van der Waals surface area contributed by atoms with Crippen LogP contribution in [0.3, 0.4) is 0 Å². The highest BCUT2D eigenvalue weighted by molar-refractivity contribution is 5.94. The number of nitrogens with one attached hydrogen (secondary N) is 2. The summed E-state index contributed by atoms with van der Waals surface area (Å²) in [6.45, 7) is 4.22. The predicted octanol–water partition coefficient (Wildman–Crippen LogP) is 5.13. The Balaban J connectivity index is 1.45. The highest BCUT2D eigenvalue weighted by atomic mass is 16.4. The van der Waals surface area contributed by atoms with Crippen molar-refractivity contribution in [2.75, 3.05) is 5.32 Å². The van der Waals surface area contributed by atoms with Gasteiger partial charge in [0.25, 0.3) is 5.91 Å². The molecule has 2 N–H and O–H groups in total. The lowest BCUT2D eigenvalue weighted by molar-refractivity contribution is -0.119. The van der Waals surface area contributed by atoms with Crippen LogP contribution in [0.15, 0.2) is 59.0 Å². The van der Waals surface area contributed by atoms with Crippen LogP contribution in [0, 0.1) is 5.92 Å². The second-order valence-electron chi connectivity index (χ2n) is 8.05. The summed E-state index contributed by atoms with van der Waals surface area (Å²) in [6, 6.07) is 17.1. The van der Waals surface area contributed by atoms with Crippen LogP contribution in [-0.4, -0.2) is 16.8 Å². The molecule has 1 heterocycles. The Morgan fingerprint density at radius 2 is 1.90 bits per heavy atom. The monoisotopic (exact) mass is 417 g/mol. The van der Waals surface area contributed by atoms with Gasteiger partial charge in [0.15, 0.2) is 5.69 Å². The van der Waals surface area contributed by atoms with E-state index in [0.717, 1.165) is 36.1 Å². The van der Waals surface area contributed by atoms with E-state index in [4.69, 9.17) is 4.42 Å². The number of hydrogen-bond donors (Lipinski definition) is 2. The summed E-state index contributed by atoms with van der Waals surface area (Å²) in [6.07, 6.45) is 2.82. The Labute approximate surface area is 182 Å². The summed E-state index contributed by atoms with van der Waals surface area (Å²) in [5, 5.41) is 5.87. The molecule has 6 nitrogen and oxygen atoms in total. The van der Waals surface area contributed by atoms with Crippen LogP contribution in [0.5, 0.6) is 0 Å². The van der Waals surface area contributed by atoms with Gasteiger partial charge in [-0.15, -0.1) is 0 Å². The highest BCUT2D eigenvalue weighted by Gasteiger charge is 2.34. The lowest BCUT2D eigenvalue weighted by atomic mass is 10.1. The molecule has 6 heteroatoms. The number of carbonyl (C=O) groups is 2. The first-order valence-corrected chi connectivity index (χ1v) is 10.8. The van der Waals surface area contributed by atoms with Crippen LogP contribution >= 0.6 is 0 Å². The number of rotatable bonds is 8. The molecule has 0 radical (unpaired) electrons. The van der Waals surface area contributed by atoms with E-state index in [9.17, 15) is 9.59 Å². The summed E-state index contributed by atoms with van der Waals surface area (Å²) in [5.74, 6) is 1.11. The summed E-state index contributed by atoms with van der Waals surface area (Å²) >= 11 is 0. The minimum atomic E-state index is -0.248. The minimum Gasteiger partial charge on any atom is -0.440 e. The highest BCUT2D eigenvalue weighted by Crippen LogP contribution is 2.43. The molecular formula is C25H27N3O3. The number of anilines is 1. The lowest BCUT2D eigenvalue weighted by Gasteiger charge is -2.11. The zero-order chi connectivity index (χ0) is 21.8. The van der Waals surface area contributed by atoms with Crippen molar-refractivity contribution in [3.8, 4) is 11.5 Å². The molecule has 4 rings (SSSR count). The maximum absolute atomic E-state index is 12.9. The van der Waals surface area contributed by atoms with Crippen molar-refractivity contribution in [1.29, 1.82) is 0 Å². The van der Waals surface area contributed by atoms with Gasteiger partial charge < -0.3 is 15.1 Å². The summed E-state index contributed by atoms with van der Waals surface area (Å²) in [5.41, 5.74) is 2.84. The Morgan fingerprint density at radius 3 is 2.61 bits per heavy atom. The van der Waals surface area contributed by atoms with Gasteiger partial charge in [0, 0.05) is 29.6 Å². The average Bonchev–Trinajstić information content (AvgIpc) is 3.55. The summed E-state index contributed by atoms with van der Waals surface area (Å²) in [4.78, 5) is 29.5. The molecule has 2 amide bonds. The molecule has 0 saturated heterocycles. The fourth-order valence-corrected chi connectivity index (χ4v) is 3.30. The Kier molecular flexibility index (Phi) is 6.16. The van der Waals surface area contributed by atoms with Crippen LogP contribution < -0.4 is 10.6 Å². The average molecular weight is 418 g/mol. The normalized spacial score (nSPS) is 14.1. The molecule has 160 valence electrons. The van der Waals surface area contributed by atoms with Gasteiger partial charge >= 0.3 is 0 Å². The van der Waals surface area contributed by atoms with E-state index < -0.39 is 0 Å². The molecule has 1 unspecified atom stereocenters. The summed E-state index contributed by atoms with van der Waals surface area (Å²) in [7, 11) is 0. The Hall–Kier alpha value is -3.41. The molecule has 31 heavy (non-hydrogen) atoms. The Morgan fingerprint density at radius 1 is 1.13 bits per heavy atom. The Bertz CT molecular complexity index is 1070. The van der Waals surface area contributed by atoms with Gasteiger partial charge in [0.05, 0.1) is 0 Å². The van der Waals surface area contributed by atoms with Crippen molar-refractivity contribution in [3.05, 3.63) is 71.6 Å². The van der Waals surface area contributed by atoms with Gasteiger partial charge in [0.2, 0.25) is 11.8 Å². The van der Waals surface area contributed by atoms with Crippen LogP contribution in [0.4, 0.5) is 5.69 Å². The molecule has 0 aliphatic heterocycles. The number of benzene rings is 2. The zero-order valence-corrected chi connectivity index (χ0v) is 17.9. The number of hydrogen-bond acceptors (Lipinski definition) is 4. The molecular weight excluding hydrogens is 390 g/mol. The smallest absolute Gasteiger partial charge is 0.273 e. The van der Waals surface area contributed by atoms with E-state index in [2.05, 4.69) is 15.6 Å². The first-order valence-electron chi connectivity index (χ1n) is 10.8. The van der Waals surface area contributed by atoms with E-state index in [1.54, 1.807) is 0 Å². The molecule has 1 aliphatic rings. The van der Waals surface area contributed by atoms with Crippen molar-refractivity contribution < 1.29 is 14.0 Å². The van der Waals surface area contributed by atoms with E-state index in [1.165, 1.54) is 0 Å². The molecule has 1 aliphatic carbocycles. The second kappa shape index (κ2) is 9.16. The SMILES string of the molecule is CCC(C)C(=O)Nc1cccc(CNC(=O)c2nc(-c3ccccc3)oc2C2CC2)c1. The van der Waals surface area contributed by atoms with E-state index in [1.807, 2.05) is 68.4 Å². The molecule has 0 bridgehead atoms. The van der Waals surface area contributed by atoms with Gasteiger partial charge in [-0.2, -0.15) is 0 Å². The number of nitrogens with zero attached hydrogens (tertiary/aromatic N) is 1. The quantitative estimate of drug-likeness (QED) is 0.532. The van der Waals surface area contributed by atoms with Crippen molar-refractivity contribution in [1.82, 2.24) is 10.3 Å². The standard InChI is InChI=1S/C25H27N3O3/c1-3-16(2)23(29)27-20-11-7-8-17(14-20)15-26-24(30)21-22(18-12-13-18)31-25(28-21)19-9-5-4-6-10-19/h4-11,14,16,18H,3,12-13,15H2,1-2H3,(H,26,30)(H,27,29). The minimum absolute atomic E-state index is 0.00574. The number of aromatic nitrogens is 1. The van der Waals surface area contributed by atoms with Crippen LogP contribution in [0.25, 0.3) is 11.5 Å². The van der Waals surface area contributed by atoms with Crippen LogP contribution in [-0.2, 0) is 11.3 Å². The van der Waals surface area contributed by atoms with Gasteiger partial charge in [-0.25, -0.2) is 4.98 Å². The van der Waals surface area contributed by atoms with Crippen LogP contribution in [0.1, 0.15) is 60.8 Å². The maximum atomic E-state index is 12.9. The third-order valence-electron chi connectivity index (χ3n) is 5.54. The van der Waals surface area contributed by atoms with E-state index in [-0.39, 0.29) is 23.7 Å². The third-order valence-corrected chi connectivity index (χ3v) is 5.54. The topological polar surface area (TPSA) is 84.2 Å². The van der Waals surface area contributed by atoms with Crippen molar-refractivity contribution >= 4 is 17.5 Å². The molecule has 1 fully saturated rings. The molecule has 2 aromatic carbocycles. The number of amides is 2. The molecule has 0 spiro atoms. The summed E-state index contributed by atoms with van der Waals surface area (Å²) < 4.78 is 5.97. The third kappa shape index (κ3) is 5.02. The molecule has 1 saturated carbocycles. The number of carbonyl (C=O) groups excluding carboxylic acids is 2. The lowest BCUT2D eigenvalue weighted by Crippen LogP contribution is -2.24. The predicted molar refractivity (Wildman–Crippen MR) is 120 cm³/mol. The van der Waals surface area contributed by atoms with Gasteiger partial charge in [-0.1, -0.05) is 44.2 Å². The van der Waals surface area contributed by atoms with E-state index >= 15 is 0 Å². The van der Waals surface area contributed by atoms with Crippen LogP contribution in [0.2, 0.25) is 0 Å².